The SMILES string of the molecule is COc1cc(C(=O)NCC(c2ccccc2OC)N(C)C)ccc1OC(C)C. The van der Waals surface area contributed by atoms with Gasteiger partial charge in [0.1, 0.15) is 5.75 Å². The van der Waals surface area contributed by atoms with Crippen molar-refractivity contribution in [3.8, 4) is 17.2 Å². The Morgan fingerprint density at radius 2 is 1.68 bits per heavy atom. The number of amides is 1. The Kier molecular flexibility index (Phi) is 7.70. The van der Waals surface area contributed by atoms with Crippen LogP contribution in [-0.2, 0) is 0 Å². The lowest BCUT2D eigenvalue weighted by molar-refractivity contribution is 0.0941. The summed E-state index contributed by atoms with van der Waals surface area (Å²) in [7, 11) is 7.17. The van der Waals surface area contributed by atoms with Crippen LogP contribution >= 0.6 is 0 Å². The highest BCUT2D eigenvalue weighted by molar-refractivity contribution is 5.94. The van der Waals surface area contributed by atoms with Crippen LogP contribution in [0, 0.1) is 0 Å². The number of para-hydroxylation sites is 1. The number of rotatable bonds is 9. The van der Waals surface area contributed by atoms with E-state index in [0.29, 0.717) is 23.6 Å². The molecule has 0 saturated heterocycles. The quantitative estimate of drug-likeness (QED) is 0.714. The molecule has 2 aromatic carbocycles. The average molecular weight is 386 g/mol. The fourth-order valence-corrected chi connectivity index (χ4v) is 2.96. The number of carbonyl (C=O) groups is 1. The van der Waals surface area contributed by atoms with Crippen molar-refractivity contribution >= 4 is 5.91 Å². The van der Waals surface area contributed by atoms with E-state index in [0.717, 1.165) is 11.3 Å². The first-order chi connectivity index (χ1) is 13.4. The molecule has 0 saturated carbocycles. The van der Waals surface area contributed by atoms with Gasteiger partial charge in [0.05, 0.1) is 26.4 Å². The van der Waals surface area contributed by atoms with Crippen LogP contribution in [0.25, 0.3) is 0 Å². The molecule has 1 N–H and O–H groups in total. The Hall–Kier alpha value is -2.73. The predicted molar refractivity (Wildman–Crippen MR) is 111 cm³/mol. The molecule has 152 valence electrons. The highest BCUT2D eigenvalue weighted by Crippen LogP contribution is 2.30. The summed E-state index contributed by atoms with van der Waals surface area (Å²) in [5, 5.41) is 3.01. The predicted octanol–water partition coefficient (Wildman–Crippen LogP) is 3.52. The Bertz CT molecular complexity index is 790. The summed E-state index contributed by atoms with van der Waals surface area (Å²) >= 11 is 0. The number of hydrogen-bond acceptors (Lipinski definition) is 5. The van der Waals surface area contributed by atoms with Gasteiger partial charge in [-0.1, -0.05) is 18.2 Å². The standard InChI is InChI=1S/C22H30N2O4/c1-15(2)28-20-12-11-16(13-21(20)27-6)22(25)23-14-18(24(3)4)17-9-7-8-10-19(17)26-5/h7-13,15,18H,14H2,1-6H3,(H,23,25). The smallest absolute Gasteiger partial charge is 0.251 e. The molecule has 0 bridgehead atoms. The highest BCUT2D eigenvalue weighted by atomic mass is 16.5. The molecular weight excluding hydrogens is 356 g/mol. The molecule has 0 fully saturated rings. The van der Waals surface area contributed by atoms with E-state index >= 15 is 0 Å². The van der Waals surface area contributed by atoms with Gasteiger partial charge in [-0.25, -0.2) is 0 Å². The second kappa shape index (κ2) is 9.99. The Balaban J connectivity index is 2.15. The lowest BCUT2D eigenvalue weighted by Gasteiger charge is -2.26. The zero-order chi connectivity index (χ0) is 20.7. The van der Waals surface area contributed by atoms with Crippen molar-refractivity contribution in [1.29, 1.82) is 0 Å². The van der Waals surface area contributed by atoms with E-state index in [-0.39, 0.29) is 18.1 Å². The summed E-state index contributed by atoms with van der Waals surface area (Å²) in [4.78, 5) is 14.8. The topological polar surface area (TPSA) is 60.0 Å². The summed E-state index contributed by atoms with van der Waals surface area (Å²) in [5.41, 5.74) is 1.54. The van der Waals surface area contributed by atoms with Crippen molar-refractivity contribution in [2.75, 3.05) is 34.9 Å². The van der Waals surface area contributed by atoms with Crippen LogP contribution in [-0.4, -0.2) is 51.8 Å². The number of ether oxygens (including phenoxy) is 3. The summed E-state index contributed by atoms with van der Waals surface area (Å²) in [6.45, 7) is 4.33. The molecule has 2 aromatic rings. The van der Waals surface area contributed by atoms with Crippen LogP contribution in [0.3, 0.4) is 0 Å². The van der Waals surface area contributed by atoms with Gasteiger partial charge in [-0.15, -0.1) is 0 Å². The van der Waals surface area contributed by atoms with Gasteiger partial charge in [0, 0.05) is 17.7 Å². The summed E-state index contributed by atoms with van der Waals surface area (Å²) < 4.78 is 16.6. The van der Waals surface area contributed by atoms with Gasteiger partial charge in [-0.3, -0.25) is 4.79 Å². The summed E-state index contributed by atoms with van der Waals surface area (Å²) in [5.74, 6) is 1.79. The van der Waals surface area contributed by atoms with E-state index in [1.165, 1.54) is 0 Å². The van der Waals surface area contributed by atoms with E-state index in [4.69, 9.17) is 14.2 Å². The number of nitrogens with zero attached hydrogens (tertiary/aromatic N) is 1. The van der Waals surface area contributed by atoms with E-state index in [1.54, 1.807) is 32.4 Å². The minimum Gasteiger partial charge on any atom is -0.496 e. The zero-order valence-electron chi connectivity index (χ0n) is 17.5. The maximum Gasteiger partial charge on any atom is 0.251 e. The lowest BCUT2D eigenvalue weighted by Crippen LogP contribution is -2.34. The minimum atomic E-state index is -0.170. The third-order valence-electron chi connectivity index (χ3n) is 4.37. The molecule has 0 aliphatic rings. The molecule has 6 nitrogen and oxygen atoms in total. The third kappa shape index (κ3) is 5.39. The number of hydrogen-bond donors (Lipinski definition) is 1. The molecule has 1 unspecified atom stereocenters. The molecule has 0 aromatic heterocycles. The second-order valence-electron chi connectivity index (χ2n) is 6.96. The van der Waals surface area contributed by atoms with Crippen LogP contribution in [0.2, 0.25) is 0 Å². The minimum absolute atomic E-state index is 0.0226. The third-order valence-corrected chi connectivity index (χ3v) is 4.37. The van der Waals surface area contributed by atoms with E-state index < -0.39 is 0 Å². The van der Waals surface area contributed by atoms with Crippen LogP contribution in [0.5, 0.6) is 17.2 Å². The van der Waals surface area contributed by atoms with Crippen LogP contribution < -0.4 is 19.5 Å². The fraction of sp³-hybridized carbons (Fsp3) is 0.409. The first kappa shape index (κ1) is 21.6. The molecule has 1 atom stereocenters. The van der Waals surface area contributed by atoms with Crippen LogP contribution in [0.15, 0.2) is 42.5 Å². The van der Waals surface area contributed by atoms with Gasteiger partial charge >= 0.3 is 0 Å². The maximum atomic E-state index is 12.7. The van der Waals surface area contributed by atoms with Gasteiger partial charge < -0.3 is 24.4 Å². The van der Waals surface area contributed by atoms with Gasteiger partial charge in [0.2, 0.25) is 0 Å². The lowest BCUT2D eigenvalue weighted by atomic mass is 10.0. The average Bonchev–Trinajstić information content (AvgIpc) is 2.67. The Morgan fingerprint density at radius 3 is 2.29 bits per heavy atom. The molecule has 0 aliphatic heterocycles. The monoisotopic (exact) mass is 386 g/mol. The number of carbonyl (C=O) groups excluding carboxylic acids is 1. The van der Waals surface area contributed by atoms with Gasteiger partial charge in [0.25, 0.3) is 5.91 Å². The van der Waals surface area contributed by atoms with Crippen molar-refractivity contribution in [2.24, 2.45) is 0 Å². The van der Waals surface area contributed by atoms with E-state index in [2.05, 4.69) is 10.2 Å². The highest BCUT2D eigenvalue weighted by Gasteiger charge is 2.20. The van der Waals surface area contributed by atoms with Gasteiger partial charge in [0.15, 0.2) is 11.5 Å². The van der Waals surface area contributed by atoms with Crippen LogP contribution in [0.1, 0.15) is 35.8 Å². The van der Waals surface area contributed by atoms with Crippen molar-refractivity contribution in [3.05, 3.63) is 53.6 Å². The largest absolute Gasteiger partial charge is 0.496 e. The Labute approximate surface area is 167 Å². The van der Waals surface area contributed by atoms with E-state index in [9.17, 15) is 4.79 Å². The van der Waals surface area contributed by atoms with Gasteiger partial charge in [-0.05, 0) is 52.2 Å². The first-order valence-electron chi connectivity index (χ1n) is 9.29. The van der Waals surface area contributed by atoms with Crippen LogP contribution in [0.4, 0.5) is 0 Å². The molecule has 0 spiro atoms. The summed E-state index contributed by atoms with van der Waals surface area (Å²) in [6, 6.07) is 13.0. The first-order valence-corrected chi connectivity index (χ1v) is 9.29. The molecule has 0 heterocycles. The van der Waals surface area contributed by atoms with Crippen molar-refractivity contribution in [2.45, 2.75) is 26.0 Å². The molecule has 6 heteroatoms. The fourth-order valence-electron chi connectivity index (χ4n) is 2.96. The normalized spacial score (nSPS) is 12.0. The Morgan fingerprint density at radius 1 is 1.00 bits per heavy atom. The van der Waals surface area contributed by atoms with Crippen molar-refractivity contribution in [1.82, 2.24) is 10.2 Å². The molecule has 0 aliphatic carbocycles. The maximum absolute atomic E-state index is 12.7. The second-order valence-corrected chi connectivity index (χ2v) is 6.96. The molecule has 1 amide bonds. The van der Waals surface area contributed by atoms with Crippen molar-refractivity contribution < 1.29 is 19.0 Å². The zero-order valence-corrected chi connectivity index (χ0v) is 17.5. The van der Waals surface area contributed by atoms with Gasteiger partial charge in [-0.2, -0.15) is 0 Å². The number of nitrogens with one attached hydrogen (secondary N) is 1. The number of methoxy groups -OCH3 is 2. The number of likely N-dealkylation sites (N-methyl/N-ethyl adjacent to an activating group) is 1. The van der Waals surface area contributed by atoms with E-state index in [1.807, 2.05) is 52.2 Å². The molecule has 0 radical (unpaired) electrons. The van der Waals surface area contributed by atoms with Crippen molar-refractivity contribution in [3.63, 3.8) is 0 Å². The molecule has 28 heavy (non-hydrogen) atoms. The molecule has 2 rings (SSSR count). The summed E-state index contributed by atoms with van der Waals surface area (Å²) in [6.07, 6.45) is 0.0234. The number of benzene rings is 2. The molecular formula is C22H30N2O4.